The van der Waals surface area contributed by atoms with Gasteiger partial charge in [-0.1, -0.05) is 13.3 Å². The van der Waals surface area contributed by atoms with Crippen LogP contribution in [0.3, 0.4) is 0 Å². The molecule has 0 fully saturated rings. The van der Waals surface area contributed by atoms with Crippen LogP contribution in [0.15, 0.2) is 54.9 Å². The second kappa shape index (κ2) is 10.7. The van der Waals surface area contributed by atoms with Crippen molar-refractivity contribution in [3.05, 3.63) is 60.4 Å². The molecule has 1 heterocycles. The van der Waals surface area contributed by atoms with Crippen molar-refractivity contribution in [3.63, 3.8) is 0 Å². The van der Waals surface area contributed by atoms with E-state index in [9.17, 15) is 4.79 Å². The molecule has 3 aromatic rings. The van der Waals surface area contributed by atoms with Crippen molar-refractivity contribution in [2.45, 2.75) is 19.8 Å². The highest BCUT2D eigenvalue weighted by Crippen LogP contribution is 2.26. The summed E-state index contributed by atoms with van der Waals surface area (Å²) in [5.74, 6) is 1.82. The van der Waals surface area contributed by atoms with Gasteiger partial charge in [0.1, 0.15) is 23.5 Å². The number of nitrogens with one attached hydrogen (secondary N) is 3. The molecule has 0 aliphatic carbocycles. The van der Waals surface area contributed by atoms with Gasteiger partial charge in [-0.3, -0.25) is 15.6 Å². The molecule has 0 saturated carbocycles. The molecule has 0 aliphatic heterocycles. The van der Waals surface area contributed by atoms with E-state index in [-0.39, 0.29) is 17.4 Å². The number of aromatic nitrogens is 2. The maximum absolute atomic E-state index is 12.3. The number of unbranched alkanes of at least 4 members (excludes halogenated alkanes) is 1. The van der Waals surface area contributed by atoms with Gasteiger partial charge in [0, 0.05) is 11.3 Å². The van der Waals surface area contributed by atoms with Crippen LogP contribution in [0.4, 0.5) is 23.0 Å². The van der Waals surface area contributed by atoms with E-state index in [1.807, 2.05) is 24.3 Å². The Morgan fingerprint density at radius 2 is 1.68 bits per heavy atom. The summed E-state index contributed by atoms with van der Waals surface area (Å²) in [4.78, 5) is 20.6. The van der Waals surface area contributed by atoms with Gasteiger partial charge in [0.05, 0.1) is 13.7 Å². The minimum Gasteiger partial charge on any atom is -0.497 e. The molecule has 31 heavy (non-hydrogen) atoms. The molecule has 9 nitrogen and oxygen atoms in total. The number of amides is 1. The van der Waals surface area contributed by atoms with Crippen LogP contribution in [0.25, 0.3) is 0 Å². The smallest absolute Gasteiger partial charge is 0.269 e. The molecule has 0 spiro atoms. The number of nitrogens with zero attached hydrogens (tertiary/aromatic N) is 2. The molecule has 162 valence electrons. The summed E-state index contributed by atoms with van der Waals surface area (Å²) < 4.78 is 10.8. The quantitative estimate of drug-likeness (QED) is 0.288. The van der Waals surface area contributed by atoms with E-state index in [2.05, 4.69) is 33.1 Å². The fourth-order valence-electron chi connectivity index (χ4n) is 2.63. The van der Waals surface area contributed by atoms with E-state index in [0.717, 1.165) is 24.3 Å². The van der Waals surface area contributed by atoms with Gasteiger partial charge in [-0.2, -0.15) is 0 Å². The first kappa shape index (κ1) is 21.7. The number of hydrogen-bond acceptors (Lipinski definition) is 8. The molecule has 0 saturated heterocycles. The molecule has 3 rings (SSSR count). The van der Waals surface area contributed by atoms with E-state index in [1.54, 1.807) is 31.4 Å². The first-order valence-electron chi connectivity index (χ1n) is 9.91. The van der Waals surface area contributed by atoms with Crippen LogP contribution in [0.2, 0.25) is 0 Å². The minimum absolute atomic E-state index is 0.265. The Bertz CT molecular complexity index is 993. The van der Waals surface area contributed by atoms with E-state index in [1.165, 1.54) is 6.33 Å². The van der Waals surface area contributed by atoms with Crippen LogP contribution in [-0.2, 0) is 0 Å². The maximum Gasteiger partial charge on any atom is 0.269 e. The van der Waals surface area contributed by atoms with Gasteiger partial charge in [0.15, 0.2) is 11.6 Å². The number of carbonyl (C=O) groups excluding carboxylic acids is 1. The molecule has 1 aromatic heterocycles. The lowest BCUT2D eigenvalue weighted by atomic mass is 10.2. The summed E-state index contributed by atoms with van der Waals surface area (Å²) in [7, 11) is 1.57. The molecule has 2 aromatic carbocycles. The summed E-state index contributed by atoms with van der Waals surface area (Å²) in [6.07, 6.45) is 3.45. The van der Waals surface area contributed by atoms with Crippen molar-refractivity contribution in [2.75, 3.05) is 30.2 Å². The first-order valence-corrected chi connectivity index (χ1v) is 9.91. The van der Waals surface area contributed by atoms with E-state index >= 15 is 0 Å². The van der Waals surface area contributed by atoms with Crippen molar-refractivity contribution in [1.29, 1.82) is 0 Å². The van der Waals surface area contributed by atoms with Crippen LogP contribution >= 0.6 is 0 Å². The monoisotopic (exact) mass is 422 g/mol. The third-order valence-electron chi connectivity index (χ3n) is 4.41. The number of methoxy groups -OCH3 is 1. The van der Waals surface area contributed by atoms with Crippen LogP contribution in [0, 0.1) is 0 Å². The number of carbonyl (C=O) groups is 1. The van der Waals surface area contributed by atoms with Crippen molar-refractivity contribution in [3.8, 4) is 11.5 Å². The van der Waals surface area contributed by atoms with Crippen LogP contribution in [0.1, 0.15) is 30.1 Å². The van der Waals surface area contributed by atoms with E-state index in [4.69, 9.17) is 15.2 Å². The lowest BCUT2D eigenvalue weighted by Gasteiger charge is -2.13. The zero-order valence-corrected chi connectivity index (χ0v) is 17.5. The van der Waals surface area contributed by atoms with Gasteiger partial charge in [0.25, 0.3) is 5.91 Å². The number of anilines is 4. The molecule has 0 bridgehead atoms. The summed E-state index contributed by atoms with van der Waals surface area (Å²) in [6, 6.07) is 14.2. The predicted octanol–water partition coefficient (Wildman–Crippen LogP) is 3.75. The topological polar surface area (TPSA) is 123 Å². The molecule has 0 unspecified atom stereocenters. The highest BCUT2D eigenvalue weighted by molar-refractivity contribution is 5.95. The Morgan fingerprint density at radius 3 is 2.35 bits per heavy atom. The second-order valence-corrected chi connectivity index (χ2v) is 6.64. The average Bonchev–Trinajstić information content (AvgIpc) is 2.81. The lowest BCUT2D eigenvalue weighted by Crippen LogP contribution is -2.30. The summed E-state index contributed by atoms with van der Waals surface area (Å²) in [5, 5.41) is 3.14. The highest BCUT2D eigenvalue weighted by Gasteiger charge is 2.11. The van der Waals surface area contributed by atoms with Gasteiger partial charge < -0.3 is 20.5 Å². The number of benzene rings is 2. The molecule has 0 radical (unpaired) electrons. The standard InChI is InChI=1S/C22H26N6O3/c1-3-4-13-31-18-11-7-16(8-12-18)26-20-19(23)21(25-14-24-20)27-28-22(29)15-5-9-17(30-2)10-6-15/h5-12,14H,3-4,13,23H2,1-2H3,(H,28,29)(H2,24,25,26,27). The van der Waals surface area contributed by atoms with Gasteiger partial charge in [-0.05, 0) is 55.0 Å². The second-order valence-electron chi connectivity index (χ2n) is 6.64. The molecule has 0 atom stereocenters. The van der Waals surface area contributed by atoms with Gasteiger partial charge in [-0.15, -0.1) is 0 Å². The van der Waals surface area contributed by atoms with Crippen molar-refractivity contribution in [2.24, 2.45) is 0 Å². The summed E-state index contributed by atoms with van der Waals surface area (Å²) in [6.45, 7) is 2.82. The Hall–Kier alpha value is -4.01. The zero-order valence-electron chi connectivity index (χ0n) is 17.5. The Morgan fingerprint density at radius 1 is 1.00 bits per heavy atom. The molecule has 5 N–H and O–H groups in total. The number of nitrogen functional groups attached to an aromatic ring is 1. The lowest BCUT2D eigenvalue weighted by molar-refractivity contribution is 0.0962. The fourth-order valence-corrected chi connectivity index (χ4v) is 2.63. The number of rotatable bonds is 10. The minimum atomic E-state index is -0.339. The predicted molar refractivity (Wildman–Crippen MR) is 121 cm³/mol. The maximum atomic E-state index is 12.3. The highest BCUT2D eigenvalue weighted by atomic mass is 16.5. The Labute approximate surface area is 181 Å². The van der Waals surface area contributed by atoms with Gasteiger partial charge in [-0.25, -0.2) is 9.97 Å². The number of nitrogens with two attached hydrogens (primary N) is 1. The third-order valence-corrected chi connectivity index (χ3v) is 4.41. The van der Waals surface area contributed by atoms with Crippen molar-refractivity contribution < 1.29 is 14.3 Å². The van der Waals surface area contributed by atoms with E-state index < -0.39 is 0 Å². The number of ether oxygens (including phenoxy) is 2. The Kier molecular flexibility index (Phi) is 7.47. The molecule has 9 heteroatoms. The molecular formula is C22H26N6O3. The van der Waals surface area contributed by atoms with Crippen molar-refractivity contribution in [1.82, 2.24) is 15.4 Å². The van der Waals surface area contributed by atoms with Crippen LogP contribution < -0.4 is 31.4 Å². The molecule has 1 amide bonds. The zero-order chi connectivity index (χ0) is 22.1. The molecule has 0 aliphatic rings. The molecular weight excluding hydrogens is 396 g/mol. The van der Waals surface area contributed by atoms with Gasteiger partial charge >= 0.3 is 0 Å². The third kappa shape index (κ3) is 5.99. The largest absolute Gasteiger partial charge is 0.497 e. The van der Waals surface area contributed by atoms with Crippen molar-refractivity contribution >= 4 is 28.9 Å². The number of hydrazine groups is 1. The van der Waals surface area contributed by atoms with Crippen LogP contribution in [-0.4, -0.2) is 29.6 Å². The van der Waals surface area contributed by atoms with E-state index in [0.29, 0.717) is 23.7 Å². The Balaban J connectivity index is 1.61. The SMILES string of the molecule is CCCCOc1ccc(Nc2ncnc(NNC(=O)c3ccc(OC)cc3)c2N)cc1. The van der Waals surface area contributed by atoms with Crippen LogP contribution in [0.5, 0.6) is 11.5 Å². The number of hydrogen-bond donors (Lipinski definition) is 4. The fraction of sp³-hybridized carbons (Fsp3) is 0.227. The normalized spacial score (nSPS) is 10.3. The summed E-state index contributed by atoms with van der Waals surface area (Å²) >= 11 is 0. The van der Waals surface area contributed by atoms with Gasteiger partial charge in [0.2, 0.25) is 0 Å². The average molecular weight is 422 g/mol. The summed E-state index contributed by atoms with van der Waals surface area (Å²) in [5.41, 5.74) is 13.0. The first-order chi connectivity index (χ1) is 15.1.